The molecular formula is C30H32O8. The van der Waals surface area contributed by atoms with Crippen LogP contribution in [0.15, 0.2) is 48.5 Å². The summed E-state index contributed by atoms with van der Waals surface area (Å²) in [6.07, 6.45) is 1.30. The highest BCUT2D eigenvalue weighted by molar-refractivity contribution is 6.03. The minimum Gasteiger partial charge on any atom is -0.496 e. The Bertz CT molecular complexity index is 1220. The molecule has 0 atom stereocenters. The lowest BCUT2D eigenvalue weighted by molar-refractivity contribution is 0.243. The van der Waals surface area contributed by atoms with Gasteiger partial charge in [-0.2, -0.15) is 0 Å². The zero-order valence-corrected chi connectivity index (χ0v) is 22.1. The molecule has 4 aromatic carbocycles. The monoisotopic (exact) mass is 520 g/mol. The van der Waals surface area contributed by atoms with Gasteiger partial charge in [0.1, 0.15) is 46.0 Å². The minimum absolute atomic E-state index is 0.440. The molecule has 2 aliphatic rings. The smallest absolute Gasteiger partial charge is 0.131 e. The first-order valence-corrected chi connectivity index (χ1v) is 12.6. The summed E-state index contributed by atoms with van der Waals surface area (Å²) in [7, 11) is 6.56. The average molecular weight is 521 g/mol. The van der Waals surface area contributed by atoms with Crippen LogP contribution in [-0.4, -0.2) is 54.9 Å². The minimum atomic E-state index is 0.440. The van der Waals surface area contributed by atoms with E-state index in [4.69, 9.17) is 37.9 Å². The zero-order valence-electron chi connectivity index (χ0n) is 22.1. The van der Waals surface area contributed by atoms with Crippen LogP contribution in [0.1, 0.15) is 12.8 Å². The van der Waals surface area contributed by atoms with Crippen molar-refractivity contribution in [3.8, 4) is 46.0 Å². The predicted molar refractivity (Wildman–Crippen MR) is 145 cm³/mol. The second-order valence-electron chi connectivity index (χ2n) is 8.66. The molecule has 0 spiro atoms. The van der Waals surface area contributed by atoms with Gasteiger partial charge in [-0.05, 0) is 48.5 Å². The quantitative estimate of drug-likeness (QED) is 0.323. The number of hydrogen-bond acceptors (Lipinski definition) is 8. The van der Waals surface area contributed by atoms with E-state index >= 15 is 0 Å². The SMILES string of the molecule is COc1ccc(OC)c2c3ccc(c12)OCCCOc1ccc(c2c(OC)ccc(OC)c12)OCCCO3. The van der Waals surface area contributed by atoms with E-state index in [-0.39, 0.29) is 0 Å². The summed E-state index contributed by atoms with van der Waals surface area (Å²) in [5.74, 6) is 5.49. The van der Waals surface area contributed by atoms with Gasteiger partial charge in [0.25, 0.3) is 0 Å². The van der Waals surface area contributed by atoms with Crippen molar-refractivity contribution in [2.24, 2.45) is 0 Å². The van der Waals surface area contributed by atoms with E-state index in [0.717, 1.165) is 21.5 Å². The van der Waals surface area contributed by atoms with E-state index in [1.165, 1.54) is 0 Å². The molecule has 0 aromatic heterocycles. The molecule has 8 nitrogen and oxygen atoms in total. The third-order valence-electron chi connectivity index (χ3n) is 6.50. The van der Waals surface area contributed by atoms with Crippen LogP contribution in [-0.2, 0) is 0 Å². The fraction of sp³-hybridized carbons (Fsp3) is 0.333. The van der Waals surface area contributed by atoms with E-state index in [1.807, 2.05) is 48.5 Å². The molecular weight excluding hydrogens is 488 g/mol. The predicted octanol–water partition coefficient (Wildman–Crippen LogP) is 6.04. The summed E-state index contributed by atoms with van der Waals surface area (Å²) in [4.78, 5) is 0. The highest BCUT2D eigenvalue weighted by atomic mass is 16.5. The van der Waals surface area contributed by atoms with Gasteiger partial charge in [0, 0.05) is 12.8 Å². The molecule has 0 unspecified atom stereocenters. The van der Waals surface area contributed by atoms with E-state index in [0.29, 0.717) is 85.3 Å². The molecule has 0 radical (unpaired) electrons. The van der Waals surface area contributed by atoms with Crippen molar-refractivity contribution >= 4 is 21.5 Å². The maximum Gasteiger partial charge on any atom is 0.131 e. The number of rotatable bonds is 4. The molecule has 0 saturated carbocycles. The zero-order chi connectivity index (χ0) is 26.5. The molecule has 4 bridgehead atoms. The van der Waals surface area contributed by atoms with Crippen LogP contribution in [0.3, 0.4) is 0 Å². The van der Waals surface area contributed by atoms with Gasteiger partial charge in [-0.25, -0.2) is 0 Å². The summed E-state index contributed by atoms with van der Waals surface area (Å²) < 4.78 is 47.6. The lowest BCUT2D eigenvalue weighted by atomic mass is 10.1. The molecule has 0 amide bonds. The van der Waals surface area contributed by atoms with Gasteiger partial charge >= 0.3 is 0 Å². The number of fused-ring (bicyclic) bond motifs is 10. The second-order valence-corrected chi connectivity index (χ2v) is 8.66. The van der Waals surface area contributed by atoms with Crippen molar-refractivity contribution in [3.63, 3.8) is 0 Å². The molecule has 4 aromatic rings. The molecule has 200 valence electrons. The van der Waals surface area contributed by atoms with Crippen LogP contribution in [0.2, 0.25) is 0 Å². The van der Waals surface area contributed by atoms with Gasteiger partial charge in [0.2, 0.25) is 0 Å². The molecule has 0 fully saturated rings. The number of benzene rings is 4. The Labute approximate surface area is 221 Å². The summed E-state index contributed by atoms with van der Waals surface area (Å²) in [6.45, 7) is 1.76. The lowest BCUT2D eigenvalue weighted by Gasteiger charge is -2.19. The molecule has 0 aliphatic carbocycles. The van der Waals surface area contributed by atoms with Crippen molar-refractivity contribution in [1.29, 1.82) is 0 Å². The van der Waals surface area contributed by atoms with Crippen LogP contribution < -0.4 is 37.9 Å². The molecule has 0 saturated heterocycles. The maximum atomic E-state index is 6.22. The standard InChI is InChI=1S/C30H32O8/c1-31-19-7-8-20(32-2)28-24-12-11-23(27(19)28)35-15-5-17-37-25-13-14-26(38-18-6-16-36-24)30-22(34-4)10-9-21(33-3)29(25)30/h7-14H,5-6,15-18H2,1-4H3. The van der Waals surface area contributed by atoms with Gasteiger partial charge in [-0.15, -0.1) is 0 Å². The van der Waals surface area contributed by atoms with Crippen LogP contribution in [0.25, 0.3) is 21.5 Å². The van der Waals surface area contributed by atoms with Crippen molar-refractivity contribution in [1.82, 2.24) is 0 Å². The highest BCUT2D eigenvalue weighted by Crippen LogP contribution is 2.46. The number of methoxy groups -OCH3 is 4. The summed E-state index contributed by atoms with van der Waals surface area (Å²) in [5.41, 5.74) is 0. The summed E-state index contributed by atoms with van der Waals surface area (Å²) >= 11 is 0. The Morgan fingerprint density at radius 2 is 0.632 bits per heavy atom. The fourth-order valence-corrected chi connectivity index (χ4v) is 4.75. The molecule has 2 aliphatic heterocycles. The van der Waals surface area contributed by atoms with Gasteiger partial charge in [-0.3, -0.25) is 0 Å². The van der Waals surface area contributed by atoms with Crippen LogP contribution in [0.4, 0.5) is 0 Å². The maximum absolute atomic E-state index is 6.22. The summed E-state index contributed by atoms with van der Waals surface area (Å²) in [5, 5.41) is 3.22. The highest BCUT2D eigenvalue weighted by Gasteiger charge is 2.20. The van der Waals surface area contributed by atoms with Crippen molar-refractivity contribution < 1.29 is 37.9 Å². The van der Waals surface area contributed by atoms with Gasteiger partial charge < -0.3 is 37.9 Å². The Hall–Kier alpha value is -4.20. The van der Waals surface area contributed by atoms with Crippen LogP contribution >= 0.6 is 0 Å². The fourth-order valence-electron chi connectivity index (χ4n) is 4.75. The topological polar surface area (TPSA) is 73.8 Å². The largest absolute Gasteiger partial charge is 0.496 e. The van der Waals surface area contributed by atoms with E-state index in [9.17, 15) is 0 Å². The molecule has 8 heteroatoms. The third kappa shape index (κ3) is 4.74. The Morgan fingerprint density at radius 3 is 0.842 bits per heavy atom. The van der Waals surface area contributed by atoms with Gasteiger partial charge in [0.05, 0.1) is 76.4 Å². The Morgan fingerprint density at radius 1 is 0.395 bits per heavy atom. The van der Waals surface area contributed by atoms with Gasteiger partial charge in [0.15, 0.2) is 0 Å². The van der Waals surface area contributed by atoms with Crippen LogP contribution in [0, 0.1) is 0 Å². The van der Waals surface area contributed by atoms with Crippen molar-refractivity contribution in [2.45, 2.75) is 12.8 Å². The van der Waals surface area contributed by atoms with E-state index in [1.54, 1.807) is 28.4 Å². The van der Waals surface area contributed by atoms with Gasteiger partial charge in [-0.1, -0.05) is 0 Å². The lowest BCUT2D eigenvalue weighted by Crippen LogP contribution is -2.09. The summed E-state index contributed by atoms with van der Waals surface area (Å²) in [6, 6.07) is 15.1. The first-order valence-electron chi connectivity index (χ1n) is 12.6. The van der Waals surface area contributed by atoms with E-state index in [2.05, 4.69) is 0 Å². The normalized spacial score (nSPS) is 14.0. The number of hydrogen-bond donors (Lipinski definition) is 0. The first kappa shape index (κ1) is 25.4. The Kier molecular flexibility index (Phi) is 7.67. The molecule has 2 heterocycles. The van der Waals surface area contributed by atoms with Crippen molar-refractivity contribution in [3.05, 3.63) is 48.5 Å². The first-order chi connectivity index (χ1) is 18.7. The number of ether oxygens (including phenoxy) is 8. The second kappa shape index (κ2) is 11.5. The molecule has 6 rings (SSSR count). The molecule has 38 heavy (non-hydrogen) atoms. The third-order valence-corrected chi connectivity index (χ3v) is 6.50. The van der Waals surface area contributed by atoms with E-state index < -0.39 is 0 Å². The van der Waals surface area contributed by atoms with Crippen LogP contribution in [0.5, 0.6) is 46.0 Å². The molecule has 0 N–H and O–H groups in total. The average Bonchev–Trinajstić information content (AvgIpc) is 2.96. The Balaban J connectivity index is 1.52. The van der Waals surface area contributed by atoms with Crippen molar-refractivity contribution in [2.75, 3.05) is 54.9 Å².